The van der Waals surface area contributed by atoms with Crippen molar-refractivity contribution in [3.63, 3.8) is 0 Å². The van der Waals surface area contributed by atoms with E-state index in [2.05, 4.69) is 15.3 Å². The molecule has 3 rings (SSSR count). The third-order valence-corrected chi connectivity index (χ3v) is 4.49. The first-order valence-electron chi connectivity index (χ1n) is 9.82. The van der Waals surface area contributed by atoms with Crippen molar-refractivity contribution in [1.82, 2.24) is 24.4 Å². The molecule has 1 aromatic carbocycles. The number of amides is 1. The molecule has 10 heteroatoms. The number of carbonyl (C=O) groups is 1. The Bertz CT molecular complexity index is 1210. The minimum absolute atomic E-state index is 0.0653. The van der Waals surface area contributed by atoms with E-state index in [1.54, 1.807) is 0 Å². The number of benzene rings is 1. The lowest BCUT2D eigenvalue weighted by molar-refractivity contribution is -0.121. The highest BCUT2D eigenvalue weighted by Crippen LogP contribution is 2.19. The number of hydrogen-bond acceptors (Lipinski definition) is 6. The molecule has 31 heavy (non-hydrogen) atoms. The van der Waals surface area contributed by atoms with Gasteiger partial charge in [-0.3, -0.25) is 23.9 Å². The van der Waals surface area contributed by atoms with Crippen LogP contribution in [0.3, 0.4) is 0 Å². The van der Waals surface area contributed by atoms with Gasteiger partial charge in [0.25, 0.3) is 11.1 Å². The van der Waals surface area contributed by atoms with Crippen LogP contribution in [0, 0.1) is 0 Å². The molecular weight excluding hydrogens is 402 g/mol. The van der Waals surface area contributed by atoms with E-state index in [0.29, 0.717) is 12.3 Å². The maximum Gasteiger partial charge on any atom is 0.328 e. The van der Waals surface area contributed by atoms with E-state index in [0.717, 1.165) is 11.3 Å². The van der Waals surface area contributed by atoms with Crippen LogP contribution >= 0.6 is 0 Å². The second-order valence-corrected chi connectivity index (χ2v) is 6.67. The zero-order chi connectivity index (χ0) is 22.2. The van der Waals surface area contributed by atoms with Crippen molar-refractivity contribution in [1.29, 1.82) is 0 Å². The highest BCUT2D eigenvalue weighted by atomic mass is 16.5. The van der Waals surface area contributed by atoms with Crippen LogP contribution in [-0.4, -0.2) is 38.2 Å². The smallest absolute Gasteiger partial charge is 0.328 e. The van der Waals surface area contributed by atoms with Gasteiger partial charge in [0.1, 0.15) is 5.75 Å². The number of aryl methyl sites for hydroxylation is 1. The Morgan fingerprint density at radius 3 is 2.55 bits per heavy atom. The minimum Gasteiger partial charge on any atom is -0.494 e. The molecule has 162 valence electrons. The largest absolute Gasteiger partial charge is 0.494 e. The second kappa shape index (κ2) is 10.2. The van der Waals surface area contributed by atoms with Crippen molar-refractivity contribution in [2.24, 2.45) is 0 Å². The number of aromatic nitrogens is 4. The van der Waals surface area contributed by atoms with Gasteiger partial charge in [-0.05, 0) is 31.2 Å². The summed E-state index contributed by atoms with van der Waals surface area (Å²) in [4.78, 5) is 53.4. The van der Waals surface area contributed by atoms with Gasteiger partial charge < -0.3 is 14.6 Å². The number of nitrogens with one attached hydrogen (secondary N) is 2. The lowest BCUT2D eigenvalue weighted by atomic mass is 10.1. The Balaban J connectivity index is 1.51. The maximum atomic E-state index is 12.4. The van der Waals surface area contributed by atoms with E-state index < -0.39 is 11.2 Å². The van der Waals surface area contributed by atoms with Crippen molar-refractivity contribution < 1.29 is 9.53 Å². The normalized spacial score (nSPS) is 10.6. The molecule has 2 heterocycles. The summed E-state index contributed by atoms with van der Waals surface area (Å²) in [7, 11) is 0. The van der Waals surface area contributed by atoms with Crippen LogP contribution in [-0.2, 0) is 17.9 Å². The molecule has 0 aliphatic rings. The van der Waals surface area contributed by atoms with Crippen LogP contribution < -0.4 is 26.9 Å². The molecule has 0 atom stereocenters. The molecule has 0 radical (unpaired) electrons. The fourth-order valence-electron chi connectivity index (χ4n) is 2.89. The Labute approximate surface area is 177 Å². The van der Waals surface area contributed by atoms with Crippen molar-refractivity contribution in [2.75, 3.05) is 13.2 Å². The number of nitrogens with zero attached hydrogens (tertiary/aromatic N) is 3. The van der Waals surface area contributed by atoms with Gasteiger partial charge in [0.15, 0.2) is 0 Å². The third kappa shape index (κ3) is 6.01. The van der Waals surface area contributed by atoms with Crippen LogP contribution in [0.1, 0.15) is 13.3 Å². The molecule has 0 bridgehead atoms. The molecule has 1 amide bonds. The van der Waals surface area contributed by atoms with Crippen molar-refractivity contribution in [3.8, 4) is 17.0 Å². The van der Waals surface area contributed by atoms with Crippen molar-refractivity contribution in [2.45, 2.75) is 26.4 Å². The molecule has 0 saturated carbocycles. The Kier molecular flexibility index (Phi) is 7.15. The lowest BCUT2D eigenvalue weighted by Crippen LogP contribution is -2.33. The quantitative estimate of drug-likeness (QED) is 0.510. The standard InChI is InChI=1S/C21H23N5O5/c1-2-31-16-5-3-15(4-6-16)17-13-20(29)26(14-23-17)12-9-22-18(27)7-10-25-11-8-19(28)24-21(25)30/h3-6,8,11,13-14H,2,7,9-10,12H2,1H3,(H,22,27)(H,24,28,30). The van der Waals surface area contributed by atoms with Crippen LogP contribution in [0.15, 0.2) is 63.3 Å². The summed E-state index contributed by atoms with van der Waals surface area (Å²) in [6.07, 6.45) is 2.85. The van der Waals surface area contributed by atoms with Gasteiger partial charge in [0.2, 0.25) is 5.91 Å². The zero-order valence-corrected chi connectivity index (χ0v) is 17.0. The first kappa shape index (κ1) is 21.8. The molecule has 0 aliphatic heterocycles. The van der Waals surface area contributed by atoms with Gasteiger partial charge >= 0.3 is 5.69 Å². The molecule has 3 aromatic rings. The van der Waals surface area contributed by atoms with Gasteiger partial charge in [-0.2, -0.15) is 0 Å². The van der Waals surface area contributed by atoms with Crippen LogP contribution in [0.25, 0.3) is 11.3 Å². The average molecular weight is 425 g/mol. The Morgan fingerprint density at radius 2 is 1.87 bits per heavy atom. The molecule has 2 aromatic heterocycles. The summed E-state index contributed by atoms with van der Waals surface area (Å²) in [6, 6.07) is 9.98. The highest BCUT2D eigenvalue weighted by Gasteiger charge is 2.06. The highest BCUT2D eigenvalue weighted by molar-refractivity contribution is 5.75. The van der Waals surface area contributed by atoms with Gasteiger partial charge in [0.05, 0.1) is 18.6 Å². The molecule has 10 nitrogen and oxygen atoms in total. The summed E-state index contributed by atoms with van der Waals surface area (Å²) < 4.78 is 8.06. The fraction of sp³-hybridized carbons (Fsp3) is 0.286. The summed E-state index contributed by atoms with van der Waals surface area (Å²) in [5.41, 5.74) is 0.0787. The SMILES string of the molecule is CCOc1ccc(-c2cc(=O)n(CCNC(=O)CCn3ccc(=O)[nH]c3=O)cn2)cc1. The molecule has 0 fully saturated rings. The number of carbonyl (C=O) groups excluding carboxylic acids is 1. The Hall–Kier alpha value is -3.95. The maximum absolute atomic E-state index is 12.4. The number of aromatic amines is 1. The fourth-order valence-corrected chi connectivity index (χ4v) is 2.89. The van der Waals surface area contributed by atoms with Crippen LogP contribution in [0.4, 0.5) is 0 Å². The van der Waals surface area contributed by atoms with E-state index in [1.165, 1.54) is 33.8 Å². The summed E-state index contributed by atoms with van der Waals surface area (Å²) in [5.74, 6) is 0.478. The van der Waals surface area contributed by atoms with Gasteiger partial charge in [-0.15, -0.1) is 0 Å². The van der Waals surface area contributed by atoms with Gasteiger partial charge in [0, 0.05) is 49.9 Å². The molecule has 0 unspecified atom stereocenters. The Morgan fingerprint density at radius 1 is 1.10 bits per heavy atom. The van der Waals surface area contributed by atoms with Gasteiger partial charge in [-0.1, -0.05) is 0 Å². The predicted octanol–water partition coefficient (Wildman–Crippen LogP) is 0.366. The van der Waals surface area contributed by atoms with Crippen LogP contribution in [0.5, 0.6) is 5.75 Å². The first-order chi connectivity index (χ1) is 15.0. The number of H-pyrrole nitrogens is 1. The summed E-state index contributed by atoms with van der Waals surface area (Å²) in [5, 5.41) is 2.70. The number of hydrogen-bond donors (Lipinski definition) is 2. The summed E-state index contributed by atoms with van der Waals surface area (Å²) in [6.45, 7) is 3.13. The van der Waals surface area contributed by atoms with E-state index in [9.17, 15) is 19.2 Å². The van der Waals surface area contributed by atoms with Crippen molar-refractivity contribution >= 4 is 5.91 Å². The second-order valence-electron chi connectivity index (χ2n) is 6.67. The van der Waals surface area contributed by atoms with E-state index in [4.69, 9.17) is 4.74 Å². The zero-order valence-electron chi connectivity index (χ0n) is 17.0. The monoisotopic (exact) mass is 425 g/mol. The van der Waals surface area contributed by atoms with Gasteiger partial charge in [-0.25, -0.2) is 9.78 Å². The third-order valence-electron chi connectivity index (χ3n) is 4.49. The van der Waals surface area contributed by atoms with E-state index >= 15 is 0 Å². The summed E-state index contributed by atoms with van der Waals surface area (Å²) >= 11 is 0. The predicted molar refractivity (Wildman–Crippen MR) is 114 cm³/mol. The number of rotatable bonds is 9. The molecule has 2 N–H and O–H groups in total. The topological polar surface area (TPSA) is 128 Å². The van der Waals surface area contributed by atoms with E-state index in [1.807, 2.05) is 31.2 Å². The first-order valence-corrected chi connectivity index (χ1v) is 9.82. The minimum atomic E-state index is -0.564. The number of ether oxygens (including phenoxy) is 1. The molecule has 0 spiro atoms. The van der Waals surface area contributed by atoms with E-state index in [-0.39, 0.29) is 37.5 Å². The molecule has 0 aliphatic carbocycles. The molecule has 0 saturated heterocycles. The lowest BCUT2D eigenvalue weighted by Gasteiger charge is -2.09. The van der Waals surface area contributed by atoms with Crippen molar-refractivity contribution in [3.05, 3.63) is 80.1 Å². The average Bonchev–Trinajstić information content (AvgIpc) is 2.75. The molecular formula is C21H23N5O5. The van der Waals surface area contributed by atoms with Crippen LogP contribution in [0.2, 0.25) is 0 Å².